The second kappa shape index (κ2) is 10.2. The molecule has 0 amide bonds. The molecule has 0 aliphatic heterocycles. The van der Waals surface area contributed by atoms with Crippen molar-refractivity contribution in [3.8, 4) is 40.1 Å². The minimum atomic E-state index is 0.491. The van der Waals surface area contributed by atoms with Crippen LogP contribution in [0.15, 0.2) is 104 Å². The third-order valence-electron chi connectivity index (χ3n) is 7.82. The molecular formula is C34H26N8. The fourth-order valence-electron chi connectivity index (χ4n) is 5.88. The SMILES string of the molecule is C1=CCCC(n2c(-c3nc(-c4cccnc4)cc(-c4cccnc4)n3)nnc2-n2c3c(c4ccccc42)CCC=C3)=C1. The van der Waals surface area contributed by atoms with Gasteiger partial charge in [0, 0.05) is 47.0 Å². The maximum Gasteiger partial charge on any atom is 0.241 e. The molecule has 42 heavy (non-hydrogen) atoms. The number of aryl methyl sites for hydroxylation is 1. The molecule has 8 nitrogen and oxygen atoms in total. The van der Waals surface area contributed by atoms with E-state index in [1.54, 1.807) is 12.4 Å². The molecule has 5 heterocycles. The van der Waals surface area contributed by atoms with Gasteiger partial charge in [-0.05, 0) is 79.8 Å². The van der Waals surface area contributed by atoms with E-state index in [0.717, 1.165) is 71.1 Å². The number of benzene rings is 1. The van der Waals surface area contributed by atoms with Gasteiger partial charge in [-0.2, -0.15) is 0 Å². The van der Waals surface area contributed by atoms with Crippen molar-refractivity contribution in [2.24, 2.45) is 0 Å². The summed E-state index contributed by atoms with van der Waals surface area (Å²) in [6, 6.07) is 18.4. The maximum absolute atomic E-state index is 5.04. The summed E-state index contributed by atoms with van der Waals surface area (Å²) in [5.74, 6) is 1.81. The monoisotopic (exact) mass is 546 g/mol. The van der Waals surface area contributed by atoms with Crippen molar-refractivity contribution in [2.45, 2.75) is 25.7 Å². The molecule has 2 aliphatic carbocycles. The lowest BCUT2D eigenvalue weighted by Gasteiger charge is -2.18. The van der Waals surface area contributed by atoms with Gasteiger partial charge in [0.2, 0.25) is 11.8 Å². The van der Waals surface area contributed by atoms with Gasteiger partial charge in [0.05, 0.1) is 22.6 Å². The molecule has 8 rings (SSSR count). The van der Waals surface area contributed by atoms with E-state index >= 15 is 0 Å². The molecule has 8 heteroatoms. The van der Waals surface area contributed by atoms with E-state index in [2.05, 4.69) is 73.7 Å². The quantitative estimate of drug-likeness (QED) is 0.232. The van der Waals surface area contributed by atoms with Crippen LogP contribution in [0.4, 0.5) is 0 Å². The number of para-hydroxylation sites is 1. The smallest absolute Gasteiger partial charge is 0.241 e. The molecule has 202 valence electrons. The molecule has 0 radical (unpaired) electrons. The third kappa shape index (κ3) is 4.07. The molecule has 0 atom stereocenters. The third-order valence-corrected chi connectivity index (χ3v) is 7.82. The fraction of sp³-hybridized carbons (Fsp3) is 0.118. The Bertz CT molecular complexity index is 1970. The summed E-state index contributed by atoms with van der Waals surface area (Å²) >= 11 is 0. The van der Waals surface area contributed by atoms with E-state index in [1.165, 1.54) is 10.9 Å². The summed E-state index contributed by atoms with van der Waals surface area (Å²) in [7, 11) is 0. The molecular weight excluding hydrogens is 520 g/mol. The first kappa shape index (κ1) is 24.3. The predicted octanol–water partition coefficient (Wildman–Crippen LogP) is 6.95. The lowest BCUT2D eigenvalue weighted by atomic mass is 10.0. The molecule has 1 aromatic carbocycles. The second-order valence-electron chi connectivity index (χ2n) is 10.4. The average Bonchev–Trinajstić information content (AvgIpc) is 3.65. The number of pyridine rings is 2. The average molecular weight is 547 g/mol. The Balaban J connectivity index is 1.40. The van der Waals surface area contributed by atoms with Gasteiger partial charge < -0.3 is 0 Å². The van der Waals surface area contributed by atoms with E-state index in [9.17, 15) is 0 Å². The van der Waals surface area contributed by atoms with Crippen molar-refractivity contribution in [2.75, 3.05) is 0 Å². The minimum Gasteiger partial charge on any atom is -0.278 e. The van der Waals surface area contributed by atoms with E-state index in [0.29, 0.717) is 11.6 Å². The Morgan fingerprint density at radius 1 is 0.714 bits per heavy atom. The Kier molecular flexibility index (Phi) is 5.88. The molecule has 0 fully saturated rings. The highest BCUT2D eigenvalue weighted by Gasteiger charge is 2.26. The van der Waals surface area contributed by atoms with Crippen molar-refractivity contribution < 1.29 is 0 Å². The van der Waals surface area contributed by atoms with Crippen LogP contribution >= 0.6 is 0 Å². The summed E-state index contributed by atoms with van der Waals surface area (Å²) in [5, 5.41) is 10.9. The Hall–Kier alpha value is -5.50. The van der Waals surface area contributed by atoms with Crippen LogP contribution in [0.3, 0.4) is 0 Å². The zero-order valence-electron chi connectivity index (χ0n) is 22.8. The zero-order chi connectivity index (χ0) is 27.9. The first-order valence-corrected chi connectivity index (χ1v) is 14.2. The second-order valence-corrected chi connectivity index (χ2v) is 10.4. The van der Waals surface area contributed by atoms with E-state index in [1.807, 2.05) is 42.7 Å². The highest BCUT2D eigenvalue weighted by molar-refractivity contribution is 5.90. The Morgan fingerprint density at radius 2 is 1.48 bits per heavy atom. The molecule has 5 aromatic heterocycles. The highest BCUT2D eigenvalue weighted by atomic mass is 15.4. The van der Waals surface area contributed by atoms with Crippen molar-refractivity contribution >= 4 is 22.7 Å². The number of hydrogen-bond acceptors (Lipinski definition) is 6. The maximum atomic E-state index is 5.04. The number of allylic oxidation sites excluding steroid dienone is 5. The number of nitrogens with zero attached hydrogens (tertiary/aromatic N) is 8. The minimum absolute atomic E-state index is 0.491. The van der Waals surface area contributed by atoms with E-state index < -0.39 is 0 Å². The fourth-order valence-corrected chi connectivity index (χ4v) is 5.88. The van der Waals surface area contributed by atoms with Crippen LogP contribution in [-0.2, 0) is 6.42 Å². The van der Waals surface area contributed by atoms with Gasteiger partial charge >= 0.3 is 0 Å². The standard InChI is InChI=1S/C34H26N8/c1-2-12-25(13-3-1)41-33(39-40-34(41)42-30-16-6-4-14-26(30)27-15-5-7-17-31(27)42)32-37-28(23-10-8-18-35-21-23)20-29(38-32)24-11-9-19-36-22-24/h1-2,4,6-12,14,16-22H,3,5,13,15H2. The topological polar surface area (TPSA) is 87.2 Å². The summed E-state index contributed by atoms with van der Waals surface area (Å²) in [4.78, 5) is 18.7. The Morgan fingerprint density at radius 3 is 2.19 bits per heavy atom. The summed E-state index contributed by atoms with van der Waals surface area (Å²) in [6.07, 6.45) is 21.8. The highest BCUT2D eigenvalue weighted by Crippen LogP contribution is 2.36. The summed E-state index contributed by atoms with van der Waals surface area (Å²) in [6.45, 7) is 0. The molecule has 6 aromatic rings. The number of fused-ring (bicyclic) bond motifs is 3. The van der Waals surface area contributed by atoms with Gasteiger partial charge in [-0.1, -0.05) is 36.4 Å². The summed E-state index contributed by atoms with van der Waals surface area (Å²) in [5.41, 5.74) is 8.01. The lowest BCUT2D eigenvalue weighted by Crippen LogP contribution is -2.12. The van der Waals surface area contributed by atoms with Gasteiger partial charge in [0.1, 0.15) is 0 Å². The Labute approximate surface area is 242 Å². The van der Waals surface area contributed by atoms with Crippen molar-refractivity contribution in [1.29, 1.82) is 0 Å². The van der Waals surface area contributed by atoms with Gasteiger partial charge in [-0.3, -0.25) is 19.1 Å². The van der Waals surface area contributed by atoms with Crippen LogP contribution in [0.5, 0.6) is 0 Å². The lowest BCUT2D eigenvalue weighted by molar-refractivity contribution is 0.862. The van der Waals surface area contributed by atoms with Gasteiger partial charge in [-0.25, -0.2) is 9.97 Å². The van der Waals surface area contributed by atoms with Gasteiger partial charge in [0.25, 0.3) is 0 Å². The van der Waals surface area contributed by atoms with Crippen molar-refractivity contribution in [3.05, 3.63) is 115 Å². The van der Waals surface area contributed by atoms with Gasteiger partial charge in [0.15, 0.2) is 5.82 Å². The molecule has 0 spiro atoms. The molecule has 0 saturated heterocycles. The first-order chi connectivity index (χ1) is 20.8. The van der Waals surface area contributed by atoms with Crippen LogP contribution in [0.2, 0.25) is 0 Å². The number of hydrogen-bond donors (Lipinski definition) is 0. The first-order valence-electron chi connectivity index (χ1n) is 14.2. The van der Waals surface area contributed by atoms with E-state index in [-0.39, 0.29) is 0 Å². The van der Waals surface area contributed by atoms with Gasteiger partial charge in [-0.15, -0.1) is 10.2 Å². The van der Waals surface area contributed by atoms with Crippen LogP contribution in [0.1, 0.15) is 30.5 Å². The zero-order valence-corrected chi connectivity index (χ0v) is 22.8. The largest absolute Gasteiger partial charge is 0.278 e. The normalized spacial score (nSPS) is 14.2. The number of aromatic nitrogens is 8. The molecule has 2 aliphatic rings. The van der Waals surface area contributed by atoms with Crippen molar-refractivity contribution in [1.82, 2.24) is 39.3 Å². The molecule has 0 unspecified atom stereocenters. The van der Waals surface area contributed by atoms with Crippen LogP contribution in [-0.4, -0.2) is 39.3 Å². The van der Waals surface area contributed by atoms with Crippen LogP contribution in [0.25, 0.3) is 62.8 Å². The molecule has 0 bridgehead atoms. The van der Waals surface area contributed by atoms with E-state index in [4.69, 9.17) is 20.2 Å². The molecule has 0 N–H and O–H groups in total. The molecule has 0 saturated carbocycles. The predicted molar refractivity (Wildman–Crippen MR) is 164 cm³/mol. The van der Waals surface area contributed by atoms with Crippen LogP contribution < -0.4 is 0 Å². The summed E-state index contributed by atoms with van der Waals surface area (Å²) < 4.78 is 4.37. The van der Waals surface area contributed by atoms with Crippen molar-refractivity contribution in [3.63, 3.8) is 0 Å². The number of rotatable bonds is 5. The van der Waals surface area contributed by atoms with Crippen LogP contribution in [0, 0.1) is 0 Å².